The minimum Gasteiger partial charge on any atom is -0.380 e. The number of unbranched alkanes of at least 4 members (excludes halogenated alkanes) is 1. The van der Waals surface area contributed by atoms with Crippen molar-refractivity contribution in [2.45, 2.75) is 33.2 Å². The summed E-state index contributed by atoms with van der Waals surface area (Å²) in [6.07, 6.45) is 2.37. The first-order chi connectivity index (χ1) is 9.22. The molecule has 0 atom stereocenters. The van der Waals surface area contributed by atoms with Gasteiger partial charge in [-0.2, -0.15) is 0 Å². The summed E-state index contributed by atoms with van der Waals surface area (Å²) in [5.41, 5.74) is 1.17. The van der Waals surface area contributed by atoms with Gasteiger partial charge in [0.25, 0.3) is 0 Å². The normalized spacial score (nSPS) is 11.4. The van der Waals surface area contributed by atoms with Crippen LogP contribution in [0.1, 0.15) is 30.5 Å². The molecule has 1 aromatic heterocycles. The first-order valence-corrected chi connectivity index (χ1v) is 7.98. The van der Waals surface area contributed by atoms with Gasteiger partial charge < -0.3 is 10.1 Å². The third-order valence-electron chi connectivity index (χ3n) is 2.83. The molecule has 1 aromatic rings. The summed E-state index contributed by atoms with van der Waals surface area (Å²) < 4.78 is 5.49. The summed E-state index contributed by atoms with van der Waals surface area (Å²) in [6.45, 7) is 9.83. The van der Waals surface area contributed by atoms with Crippen molar-refractivity contribution in [3.05, 3.63) is 16.1 Å². The Hall–Kier alpha value is -0.490. The zero-order valence-corrected chi connectivity index (χ0v) is 13.3. The number of aryl methyl sites for hydroxylation is 1. The molecular weight excluding hydrogens is 258 g/mol. The fraction of sp³-hybridized carbons (Fsp3) is 0.786. The topological polar surface area (TPSA) is 37.4 Å². The second kappa shape index (κ2) is 10.3. The van der Waals surface area contributed by atoms with Crippen LogP contribution in [0.3, 0.4) is 0 Å². The summed E-state index contributed by atoms with van der Waals surface area (Å²) in [5.74, 6) is 0. The quantitative estimate of drug-likeness (QED) is 0.633. The second-order valence-electron chi connectivity index (χ2n) is 4.81. The van der Waals surface area contributed by atoms with Gasteiger partial charge in [-0.05, 0) is 20.4 Å². The number of aromatic nitrogens is 1. The first-order valence-electron chi connectivity index (χ1n) is 7.10. The van der Waals surface area contributed by atoms with Gasteiger partial charge in [-0.1, -0.05) is 13.3 Å². The van der Waals surface area contributed by atoms with E-state index in [-0.39, 0.29) is 0 Å². The molecular formula is C14H27N3OS. The Kier molecular flexibility index (Phi) is 8.99. The summed E-state index contributed by atoms with van der Waals surface area (Å²) >= 11 is 1.72. The van der Waals surface area contributed by atoms with Crippen molar-refractivity contribution in [1.82, 2.24) is 15.2 Å². The van der Waals surface area contributed by atoms with E-state index in [2.05, 4.69) is 34.6 Å². The number of rotatable bonds is 11. The maximum absolute atomic E-state index is 5.49. The van der Waals surface area contributed by atoms with Crippen molar-refractivity contribution in [3.8, 4) is 0 Å². The molecule has 0 aliphatic rings. The average Bonchev–Trinajstić information content (AvgIpc) is 2.78. The average molecular weight is 285 g/mol. The van der Waals surface area contributed by atoms with Crippen LogP contribution < -0.4 is 5.32 Å². The number of thiazole rings is 1. The predicted molar refractivity (Wildman–Crippen MR) is 81.8 cm³/mol. The molecule has 0 fully saturated rings. The van der Waals surface area contributed by atoms with Crippen molar-refractivity contribution >= 4 is 11.3 Å². The van der Waals surface area contributed by atoms with E-state index in [9.17, 15) is 0 Å². The molecule has 0 saturated carbocycles. The smallest absolute Gasteiger partial charge is 0.0897 e. The van der Waals surface area contributed by atoms with Gasteiger partial charge in [-0.25, -0.2) is 4.98 Å². The first kappa shape index (κ1) is 16.6. The molecule has 19 heavy (non-hydrogen) atoms. The molecule has 1 heterocycles. The molecule has 1 N–H and O–H groups in total. The van der Waals surface area contributed by atoms with Gasteiger partial charge in [-0.15, -0.1) is 11.3 Å². The monoisotopic (exact) mass is 285 g/mol. The van der Waals surface area contributed by atoms with Crippen molar-refractivity contribution < 1.29 is 4.74 Å². The summed E-state index contributed by atoms with van der Waals surface area (Å²) in [4.78, 5) is 6.76. The Labute approximate surface area is 121 Å². The van der Waals surface area contributed by atoms with Gasteiger partial charge in [0.1, 0.15) is 0 Å². The molecule has 4 nitrogen and oxygen atoms in total. The van der Waals surface area contributed by atoms with E-state index < -0.39 is 0 Å². The Balaban J connectivity index is 1.94. The highest BCUT2D eigenvalue weighted by molar-refractivity contribution is 7.09. The van der Waals surface area contributed by atoms with E-state index in [4.69, 9.17) is 4.74 Å². The maximum atomic E-state index is 5.49. The van der Waals surface area contributed by atoms with Gasteiger partial charge in [0.05, 0.1) is 17.3 Å². The molecule has 0 bridgehead atoms. The predicted octanol–water partition coefficient (Wildman–Crippen LogP) is 2.29. The fourth-order valence-electron chi connectivity index (χ4n) is 1.72. The maximum Gasteiger partial charge on any atom is 0.0897 e. The largest absolute Gasteiger partial charge is 0.380 e. The SMILES string of the molecule is CCCCOCCNCCN(C)Cc1csc(C)n1. The summed E-state index contributed by atoms with van der Waals surface area (Å²) in [5, 5.41) is 6.68. The highest BCUT2D eigenvalue weighted by Gasteiger charge is 2.02. The van der Waals surface area contributed by atoms with Crippen molar-refractivity contribution in [3.63, 3.8) is 0 Å². The molecule has 110 valence electrons. The Morgan fingerprint density at radius 3 is 2.89 bits per heavy atom. The highest BCUT2D eigenvalue weighted by atomic mass is 32.1. The van der Waals surface area contributed by atoms with Gasteiger partial charge in [0.2, 0.25) is 0 Å². The van der Waals surface area contributed by atoms with E-state index in [1.807, 2.05) is 6.92 Å². The van der Waals surface area contributed by atoms with Gasteiger partial charge >= 0.3 is 0 Å². The second-order valence-corrected chi connectivity index (χ2v) is 5.87. The van der Waals surface area contributed by atoms with Crippen LogP contribution in [-0.4, -0.2) is 49.8 Å². The number of hydrogen-bond acceptors (Lipinski definition) is 5. The lowest BCUT2D eigenvalue weighted by atomic mass is 10.4. The molecule has 0 radical (unpaired) electrons. The van der Waals surface area contributed by atoms with Crippen LogP contribution in [0.4, 0.5) is 0 Å². The van der Waals surface area contributed by atoms with E-state index >= 15 is 0 Å². The Morgan fingerprint density at radius 2 is 2.21 bits per heavy atom. The van der Waals surface area contributed by atoms with Crippen molar-refractivity contribution in [2.24, 2.45) is 0 Å². The van der Waals surface area contributed by atoms with Gasteiger partial charge in [-0.3, -0.25) is 4.90 Å². The van der Waals surface area contributed by atoms with Gasteiger partial charge in [0, 0.05) is 38.2 Å². The third-order valence-corrected chi connectivity index (χ3v) is 3.66. The molecule has 5 heteroatoms. The minimum absolute atomic E-state index is 0.814. The molecule has 0 aromatic carbocycles. The number of nitrogens with zero attached hydrogens (tertiary/aromatic N) is 2. The number of nitrogens with one attached hydrogen (secondary N) is 1. The zero-order valence-electron chi connectivity index (χ0n) is 12.4. The third kappa shape index (κ3) is 8.31. The number of likely N-dealkylation sites (N-methyl/N-ethyl adjacent to an activating group) is 1. The minimum atomic E-state index is 0.814. The molecule has 0 amide bonds. The van der Waals surface area contributed by atoms with Crippen LogP contribution >= 0.6 is 11.3 Å². The van der Waals surface area contributed by atoms with Crippen LogP contribution in [-0.2, 0) is 11.3 Å². The van der Waals surface area contributed by atoms with Crippen LogP contribution in [0, 0.1) is 6.92 Å². The van der Waals surface area contributed by atoms with E-state index in [0.717, 1.165) is 50.8 Å². The van der Waals surface area contributed by atoms with E-state index in [0.29, 0.717) is 0 Å². The van der Waals surface area contributed by atoms with Crippen molar-refractivity contribution in [2.75, 3.05) is 39.9 Å². The van der Waals surface area contributed by atoms with Crippen LogP contribution in [0.25, 0.3) is 0 Å². The lowest BCUT2D eigenvalue weighted by Crippen LogP contribution is -2.30. The van der Waals surface area contributed by atoms with Crippen LogP contribution in [0.15, 0.2) is 5.38 Å². The Bertz CT molecular complexity index is 330. The summed E-state index contributed by atoms with van der Waals surface area (Å²) in [7, 11) is 2.13. The molecule has 0 saturated heterocycles. The molecule has 0 aliphatic carbocycles. The van der Waals surface area contributed by atoms with Crippen molar-refractivity contribution in [1.29, 1.82) is 0 Å². The highest BCUT2D eigenvalue weighted by Crippen LogP contribution is 2.09. The standard InChI is InChI=1S/C14H27N3OS/c1-4-5-9-18-10-7-15-6-8-17(3)11-14-12-19-13(2)16-14/h12,15H,4-11H2,1-3H3. The molecule has 0 unspecified atom stereocenters. The number of ether oxygens (including phenoxy) is 1. The Morgan fingerprint density at radius 1 is 1.37 bits per heavy atom. The number of hydrogen-bond donors (Lipinski definition) is 1. The van der Waals surface area contributed by atoms with E-state index in [1.165, 1.54) is 12.1 Å². The summed E-state index contributed by atoms with van der Waals surface area (Å²) in [6, 6.07) is 0. The van der Waals surface area contributed by atoms with Crippen LogP contribution in [0.2, 0.25) is 0 Å². The molecule has 0 spiro atoms. The molecule has 1 rings (SSSR count). The lowest BCUT2D eigenvalue weighted by molar-refractivity contribution is 0.132. The van der Waals surface area contributed by atoms with Crippen LogP contribution in [0.5, 0.6) is 0 Å². The van der Waals surface area contributed by atoms with Gasteiger partial charge in [0.15, 0.2) is 0 Å². The fourth-order valence-corrected chi connectivity index (χ4v) is 2.33. The zero-order chi connectivity index (χ0) is 13.9. The van der Waals surface area contributed by atoms with E-state index in [1.54, 1.807) is 11.3 Å². The molecule has 0 aliphatic heterocycles. The lowest BCUT2D eigenvalue weighted by Gasteiger charge is -2.15.